The third-order valence-electron chi connectivity index (χ3n) is 1.97. The first-order valence-electron chi connectivity index (χ1n) is 4.40. The van der Waals surface area contributed by atoms with E-state index >= 15 is 0 Å². The maximum absolute atomic E-state index is 5.79. The molecule has 0 spiro atoms. The molecule has 0 saturated carbocycles. The number of benzene rings is 1. The Labute approximate surface area is 97.0 Å². The monoisotopic (exact) mass is 240 g/mol. The lowest BCUT2D eigenvalue weighted by Crippen LogP contribution is -1.88. The van der Waals surface area contributed by atoms with Crippen molar-refractivity contribution in [2.45, 2.75) is 13.8 Å². The summed E-state index contributed by atoms with van der Waals surface area (Å²) in [6, 6.07) is 5.98. The molecule has 2 rings (SSSR count). The maximum atomic E-state index is 5.79. The van der Waals surface area contributed by atoms with Crippen LogP contribution < -0.4 is 4.74 Å². The van der Waals surface area contributed by atoms with Crippen LogP contribution >= 0.6 is 23.3 Å². The molecule has 0 aliphatic heterocycles. The smallest absolute Gasteiger partial charge is 0.270 e. The first-order valence-corrected chi connectivity index (χ1v) is 5.51. The number of hydrogen-bond donors (Lipinski definition) is 0. The topological polar surface area (TPSA) is 35.0 Å². The molecule has 3 nitrogen and oxygen atoms in total. The van der Waals surface area contributed by atoms with Crippen LogP contribution in [0.4, 0.5) is 0 Å². The molecule has 78 valence electrons. The Bertz CT molecular complexity index is 484. The normalized spacial score (nSPS) is 10.3. The predicted molar refractivity (Wildman–Crippen MR) is 60.9 cm³/mol. The highest BCUT2D eigenvalue weighted by Gasteiger charge is 2.09. The van der Waals surface area contributed by atoms with Gasteiger partial charge in [0.1, 0.15) is 5.75 Å². The molecular formula is C10H9ClN2OS. The molecule has 0 atom stereocenters. The van der Waals surface area contributed by atoms with Crippen molar-refractivity contribution in [1.29, 1.82) is 0 Å². The summed E-state index contributed by atoms with van der Waals surface area (Å²) in [5.41, 5.74) is 2.18. The molecule has 0 aliphatic carbocycles. The van der Waals surface area contributed by atoms with Gasteiger partial charge < -0.3 is 4.74 Å². The summed E-state index contributed by atoms with van der Waals surface area (Å²) in [6.07, 6.45) is 0. The van der Waals surface area contributed by atoms with E-state index in [1.807, 2.05) is 32.0 Å². The van der Waals surface area contributed by atoms with E-state index in [0.717, 1.165) is 28.6 Å². The second-order valence-corrected chi connectivity index (χ2v) is 4.12. The molecule has 0 amide bonds. The van der Waals surface area contributed by atoms with Gasteiger partial charge in [0, 0.05) is 0 Å². The number of halogens is 1. The van der Waals surface area contributed by atoms with Crippen molar-refractivity contribution in [3.05, 3.63) is 34.5 Å². The molecule has 0 radical (unpaired) electrons. The quantitative estimate of drug-likeness (QED) is 0.805. The van der Waals surface area contributed by atoms with Crippen LogP contribution in [0.25, 0.3) is 0 Å². The zero-order valence-electron chi connectivity index (χ0n) is 8.32. The van der Waals surface area contributed by atoms with Crippen molar-refractivity contribution in [2.24, 2.45) is 0 Å². The fourth-order valence-corrected chi connectivity index (χ4v) is 1.76. The number of rotatable bonds is 2. The van der Waals surface area contributed by atoms with E-state index in [-0.39, 0.29) is 0 Å². The zero-order valence-corrected chi connectivity index (χ0v) is 9.89. The van der Waals surface area contributed by atoms with E-state index < -0.39 is 0 Å². The van der Waals surface area contributed by atoms with Crippen LogP contribution in [0.1, 0.15) is 11.1 Å². The molecule has 1 aromatic carbocycles. The van der Waals surface area contributed by atoms with Gasteiger partial charge in [-0.05, 0) is 31.0 Å². The minimum atomic E-state index is 0.306. The van der Waals surface area contributed by atoms with Crippen LogP contribution in [0.3, 0.4) is 0 Å². The first kappa shape index (κ1) is 10.4. The molecule has 0 unspecified atom stereocenters. The van der Waals surface area contributed by atoms with Crippen molar-refractivity contribution < 1.29 is 4.74 Å². The molecular weight excluding hydrogens is 232 g/mol. The second kappa shape index (κ2) is 4.16. The molecule has 5 heteroatoms. The minimum Gasteiger partial charge on any atom is -0.435 e. The predicted octanol–water partition coefficient (Wildman–Crippen LogP) is 3.60. The van der Waals surface area contributed by atoms with Crippen LogP contribution in [0.15, 0.2) is 18.2 Å². The Balaban J connectivity index is 2.32. The van der Waals surface area contributed by atoms with Crippen molar-refractivity contribution in [3.63, 3.8) is 0 Å². The zero-order chi connectivity index (χ0) is 10.8. The van der Waals surface area contributed by atoms with Crippen LogP contribution in [-0.2, 0) is 0 Å². The van der Waals surface area contributed by atoms with Gasteiger partial charge in [0.15, 0.2) is 0 Å². The van der Waals surface area contributed by atoms with Gasteiger partial charge in [-0.25, -0.2) is 0 Å². The van der Waals surface area contributed by atoms with E-state index in [1.165, 1.54) is 0 Å². The number of ether oxygens (including phenoxy) is 1. The molecule has 1 heterocycles. The number of aryl methyl sites for hydroxylation is 2. The highest BCUT2D eigenvalue weighted by molar-refractivity contribution is 6.99. The van der Waals surface area contributed by atoms with E-state index in [0.29, 0.717) is 11.0 Å². The largest absolute Gasteiger partial charge is 0.435 e. The van der Waals surface area contributed by atoms with E-state index in [4.69, 9.17) is 16.3 Å². The maximum Gasteiger partial charge on any atom is 0.270 e. The summed E-state index contributed by atoms with van der Waals surface area (Å²) in [7, 11) is 0. The molecule has 0 aliphatic rings. The standard InChI is InChI=1S/C10H9ClN2OS/c1-6-3-4-7(2)8(5-6)14-10-9(11)12-15-13-10/h3-5H,1-2H3. The van der Waals surface area contributed by atoms with Crippen LogP contribution in [0, 0.1) is 13.8 Å². The Morgan fingerprint density at radius 3 is 2.73 bits per heavy atom. The van der Waals surface area contributed by atoms with E-state index in [1.54, 1.807) is 0 Å². The average molecular weight is 241 g/mol. The number of aromatic nitrogens is 2. The van der Waals surface area contributed by atoms with Gasteiger partial charge >= 0.3 is 0 Å². The summed E-state index contributed by atoms with van der Waals surface area (Å²) >= 11 is 6.83. The Morgan fingerprint density at radius 1 is 1.27 bits per heavy atom. The lowest BCUT2D eigenvalue weighted by atomic mass is 10.1. The van der Waals surface area contributed by atoms with Crippen LogP contribution in [0.2, 0.25) is 5.15 Å². The minimum absolute atomic E-state index is 0.306. The van der Waals surface area contributed by atoms with E-state index in [9.17, 15) is 0 Å². The van der Waals surface area contributed by atoms with Gasteiger partial charge in [-0.3, -0.25) is 0 Å². The van der Waals surface area contributed by atoms with Crippen LogP contribution in [-0.4, -0.2) is 8.75 Å². The van der Waals surface area contributed by atoms with Crippen molar-refractivity contribution in [1.82, 2.24) is 8.75 Å². The third kappa shape index (κ3) is 2.27. The third-order valence-corrected chi connectivity index (χ3v) is 2.83. The van der Waals surface area contributed by atoms with Crippen LogP contribution in [0.5, 0.6) is 11.6 Å². The fourth-order valence-electron chi connectivity index (χ4n) is 1.15. The van der Waals surface area contributed by atoms with Crippen molar-refractivity contribution >= 4 is 23.3 Å². The SMILES string of the molecule is Cc1ccc(C)c(Oc2nsnc2Cl)c1. The lowest BCUT2D eigenvalue weighted by molar-refractivity contribution is 0.464. The summed E-state index contributed by atoms with van der Waals surface area (Å²) in [5, 5.41) is 0.306. The van der Waals surface area contributed by atoms with Crippen molar-refractivity contribution in [2.75, 3.05) is 0 Å². The molecule has 1 aromatic heterocycles. The summed E-state index contributed by atoms with van der Waals surface area (Å²) in [4.78, 5) is 0. The average Bonchev–Trinajstić information content (AvgIpc) is 2.58. The highest BCUT2D eigenvalue weighted by Crippen LogP contribution is 2.29. The number of nitrogens with zero attached hydrogens (tertiary/aromatic N) is 2. The Morgan fingerprint density at radius 2 is 2.07 bits per heavy atom. The van der Waals surface area contributed by atoms with E-state index in [2.05, 4.69) is 8.75 Å². The van der Waals surface area contributed by atoms with Gasteiger partial charge in [0.2, 0.25) is 5.15 Å². The Kier molecular flexibility index (Phi) is 2.88. The van der Waals surface area contributed by atoms with Gasteiger partial charge in [-0.15, -0.1) is 4.37 Å². The molecule has 0 saturated heterocycles. The van der Waals surface area contributed by atoms with Crippen molar-refractivity contribution in [3.8, 4) is 11.6 Å². The molecule has 2 aromatic rings. The number of hydrogen-bond acceptors (Lipinski definition) is 4. The van der Waals surface area contributed by atoms with Gasteiger partial charge in [0.25, 0.3) is 5.88 Å². The molecule has 0 N–H and O–H groups in total. The molecule has 0 bridgehead atoms. The summed E-state index contributed by atoms with van der Waals surface area (Å²) < 4.78 is 13.4. The van der Waals surface area contributed by atoms with Gasteiger partial charge in [0.05, 0.1) is 11.7 Å². The summed E-state index contributed by atoms with van der Waals surface area (Å²) in [6.45, 7) is 3.98. The van der Waals surface area contributed by atoms with Gasteiger partial charge in [-0.1, -0.05) is 23.7 Å². The molecule has 15 heavy (non-hydrogen) atoms. The van der Waals surface area contributed by atoms with Gasteiger partial charge in [-0.2, -0.15) is 4.37 Å². The highest BCUT2D eigenvalue weighted by atomic mass is 35.5. The summed E-state index contributed by atoms with van der Waals surface area (Å²) in [5.74, 6) is 1.14. The lowest BCUT2D eigenvalue weighted by Gasteiger charge is -2.06. The second-order valence-electron chi connectivity index (χ2n) is 3.23. The molecule has 0 fully saturated rings. The fraction of sp³-hybridized carbons (Fsp3) is 0.200. The first-order chi connectivity index (χ1) is 7.16. The Hall–Kier alpha value is -1.13.